The number of hydrogen-bond donors (Lipinski definition) is 2. The first-order valence-corrected chi connectivity index (χ1v) is 14.6. The maximum absolute atomic E-state index is 15.5. The van der Waals surface area contributed by atoms with Gasteiger partial charge in [0.1, 0.15) is 34.7 Å². The molecule has 2 heterocycles. The van der Waals surface area contributed by atoms with Crippen molar-refractivity contribution in [2.75, 3.05) is 0 Å². The van der Waals surface area contributed by atoms with Gasteiger partial charge in [0, 0.05) is 27.9 Å². The van der Waals surface area contributed by atoms with Crippen molar-refractivity contribution in [2.24, 2.45) is 11.7 Å². The van der Waals surface area contributed by atoms with E-state index >= 15 is 8.78 Å². The second kappa shape index (κ2) is 10.6. The number of fused-ring (bicyclic) bond motifs is 3. The number of carbonyl (C=O) groups excluding carboxylic acids is 1. The van der Waals surface area contributed by atoms with Gasteiger partial charge < -0.3 is 10.8 Å². The highest BCUT2D eigenvalue weighted by molar-refractivity contribution is 9.10. The van der Waals surface area contributed by atoms with Crippen molar-refractivity contribution in [3.8, 4) is 11.8 Å². The highest BCUT2D eigenvalue weighted by Gasteiger charge is 2.69. The average Bonchev–Trinajstić information content (AvgIpc) is 3.34. The van der Waals surface area contributed by atoms with Crippen LogP contribution in [0.4, 0.5) is 30.7 Å². The molecule has 0 spiro atoms. The summed E-state index contributed by atoms with van der Waals surface area (Å²) in [5.74, 6) is -5.36. The first-order chi connectivity index (χ1) is 20.6. The smallest absolute Gasteiger partial charge is 0.378 e. The second-order valence-electron chi connectivity index (χ2n) is 11.6. The highest BCUT2D eigenvalue weighted by Crippen LogP contribution is 2.69. The van der Waals surface area contributed by atoms with Crippen LogP contribution in [0.15, 0.2) is 34.8 Å². The first kappa shape index (κ1) is 30.6. The summed E-state index contributed by atoms with van der Waals surface area (Å²) in [4.78, 5) is 17.6. The fraction of sp³-hybridized carbons (Fsp3) is 0.433. The molecule has 3 N–H and O–H groups in total. The predicted molar refractivity (Wildman–Crippen MR) is 145 cm³/mol. The number of alkyl halides is 5. The Balaban J connectivity index is 1.54. The van der Waals surface area contributed by atoms with Crippen LogP contribution in [0.1, 0.15) is 83.9 Å². The Labute approximate surface area is 255 Å². The summed E-state index contributed by atoms with van der Waals surface area (Å²) in [5.41, 5.74) is 1.24. The molecule has 3 aliphatic carbocycles. The molecule has 1 aromatic carbocycles. The van der Waals surface area contributed by atoms with Crippen LogP contribution in [0.3, 0.4) is 0 Å². The first-order valence-electron chi connectivity index (χ1n) is 13.8. The lowest BCUT2D eigenvalue weighted by Crippen LogP contribution is -2.37. The molecule has 44 heavy (non-hydrogen) atoms. The maximum Gasteiger partial charge on any atom is 0.435 e. The van der Waals surface area contributed by atoms with Crippen LogP contribution in [0.5, 0.6) is 0 Å². The van der Waals surface area contributed by atoms with E-state index < -0.39 is 82.4 Å². The predicted octanol–water partition coefficient (Wildman–Crippen LogP) is 6.26. The van der Waals surface area contributed by atoms with Crippen LogP contribution in [-0.2, 0) is 23.3 Å². The van der Waals surface area contributed by atoms with Crippen LogP contribution >= 0.6 is 15.9 Å². The van der Waals surface area contributed by atoms with E-state index in [1.807, 2.05) is 0 Å². The van der Waals surface area contributed by atoms with Crippen molar-refractivity contribution in [1.82, 2.24) is 14.8 Å². The Morgan fingerprint density at radius 3 is 2.43 bits per heavy atom. The number of pyridine rings is 1. The zero-order chi connectivity index (χ0) is 31.8. The summed E-state index contributed by atoms with van der Waals surface area (Å²) in [6.45, 7) is 0. The fourth-order valence-electron chi connectivity index (χ4n) is 6.51. The quantitative estimate of drug-likeness (QED) is 0.237. The number of halogens is 8. The molecular formula is C30H24BrF7N4O2. The van der Waals surface area contributed by atoms with Crippen molar-refractivity contribution in [2.45, 2.75) is 74.1 Å². The number of primary amides is 1. The van der Waals surface area contributed by atoms with Crippen LogP contribution in [0, 0.1) is 29.4 Å². The van der Waals surface area contributed by atoms with Crippen molar-refractivity contribution in [3.63, 3.8) is 0 Å². The lowest BCUT2D eigenvalue weighted by Gasteiger charge is -2.28. The average molecular weight is 685 g/mol. The minimum atomic E-state index is -5.11. The molecule has 0 bridgehead atoms. The SMILES string of the molecule is NC(=O)C([C@H](Cc1cc(F)cc(F)c1)c1nc(C#CC2(O)CCCC2)ccc1Br)n1nc(C(F)(F)F)c2c1C(F)(F)[C@@H]1C[C@H]21. The fourth-order valence-corrected chi connectivity index (χ4v) is 7.03. The number of nitrogens with two attached hydrogens (primary N) is 1. The Morgan fingerprint density at radius 2 is 1.82 bits per heavy atom. The minimum Gasteiger partial charge on any atom is -0.378 e. The summed E-state index contributed by atoms with van der Waals surface area (Å²) in [7, 11) is 0. The summed E-state index contributed by atoms with van der Waals surface area (Å²) in [6.07, 6.45) is -3.28. The molecule has 14 heteroatoms. The molecule has 2 aromatic heterocycles. The number of aliphatic hydroxyl groups is 1. The van der Waals surface area contributed by atoms with Gasteiger partial charge >= 0.3 is 6.18 Å². The molecule has 3 aliphatic rings. The van der Waals surface area contributed by atoms with Gasteiger partial charge in [-0.15, -0.1) is 0 Å². The van der Waals surface area contributed by atoms with Gasteiger partial charge in [-0.25, -0.2) is 18.4 Å². The van der Waals surface area contributed by atoms with E-state index in [1.165, 1.54) is 12.1 Å². The third-order valence-electron chi connectivity index (χ3n) is 8.55. The van der Waals surface area contributed by atoms with Crippen molar-refractivity contribution < 1.29 is 40.6 Å². The monoisotopic (exact) mass is 684 g/mol. The molecule has 0 saturated heterocycles. The molecule has 6 nitrogen and oxygen atoms in total. The van der Waals surface area contributed by atoms with E-state index in [2.05, 4.69) is 37.9 Å². The van der Waals surface area contributed by atoms with Gasteiger partial charge in [0.15, 0.2) is 5.69 Å². The Kier molecular flexibility index (Phi) is 7.35. The maximum atomic E-state index is 15.5. The molecule has 2 saturated carbocycles. The summed E-state index contributed by atoms with van der Waals surface area (Å²) in [6, 6.07) is 3.46. The highest BCUT2D eigenvalue weighted by atomic mass is 79.9. The van der Waals surface area contributed by atoms with Crippen molar-refractivity contribution in [3.05, 3.63) is 80.3 Å². The third kappa shape index (κ3) is 5.38. The summed E-state index contributed by atoms with van der Waals surface area (Å²) < 4.78 is 102. The Hall–Kier alpha value is -3.44. The van der Waals surface area contributed by atoms with Crippen molar-refractivity contribution >= 4 is 21.8 Å². The molecule has 1 amide bonds. The summed E-state index contributed by atoms with van der Waals surface area (Å²) >= 11 is 3.31. The van der Waals surface area contributed by atoms with Crippen LogP contribution in [0.25, 0.3) is 0 Å². The molecule has 1 unspecified atom stereocenters. The molecule has 2 fully saturated rings. The molecule has 6 rings (SSSR count). The Morgan fingerprint density at radius 1 is 1.16 bits per heavy atom. The largest absolute Gasteiger partial charge is 0.435 e. The number of amides is 1. The van der Waals surface area contributed by atoms with E-state index in [9.17, 15) is 31.9 Å². The second-order valence-corrected chi connectivity index (χ2v) is 12.5. The number of benzene rings is 1. The van der Waals surface area contributed by atoms with Gasteiger partial charge in [0.2, 0.25) is 5.91 Å². The van der Waals surface area contributed by atoms with Gasteiger partial charge in [0.05, 0.1) is 5.69 Å². The zero-order valence-electron chi connectivity index (χ0n) is 22.7. The molecular weight excluding hydrogens is 661 g/mol. The van der Waals surface area contributed by atoms with Gasteiger partial charge in [-0.2, -0.15) is 27.1 Å². The number of carbonyl (C=O) groups is 1. The zero-order valence-corrected chi connectivity index (χ0v) is 24.3. The lowest BCUT2D eigenvalue weighted by molar-refractivity contribution is -0.142. The summed E-state index contributed by atoms with van der Waals surface area (Å²) in [5, 5.41) is 14.2. The molecule has 4 atom stereocenters. The molecule has 0 aliphatic heterocycles. The van der Waals surface area contributed by atoms with Gasteiger partial charge in [0.25, 0.3) is 5.92 Å². The van der Waals surface area contributed by atoms with E-state index in [4.69, 9.17) is 5.73 Å². The molecule has 232 valence electrons. The van der Waals surface area contributed by atoms with E-state index in [1.54, 1.807) is 0 Å². The normalized spacial score (nSPS) is 22.5. The van der Waals surface area contributed by atoms with Gasteiger partial charge in [-0.05, 0) is 96.1 Å². The molecule has 3 aromatic rings. The van der Waals surface area contributed by atoms with Crippen molar-refractivity contribution in [1.29, 1.82) is 0 Å². The number of aromatic nitrogens is 3. The Bertz CT molecular complexity index is 1700. The minimum absolute atomic E-state index is 0.0429. The van der Waals surface area contributed by atoms with Crippen LogP contribution in [0.2, 0.25) is 0 Å². The van der Waals surface area contributed by atoms with E-state index in [-0.39, 0.29) is 27.8 Å². The molecule has 0 radical (unpaired) electrons. The topological polar surface area (TPSA) is 94.0 Å². The number of rotatable bonds is 6. The van der Waals surface area contributed by atoms with Crippen LogP contribution < -0.4 is 5.73 Å². The van der Waals surface area contributed by atoms with Gasteiger partial charge in [-0.3, -0.25) is 4.79 Å². The van der Waals surface area contributed by atoms with Gasteiger partial charge in [-0.1, -0.05) is 5.92 Å². The van der Waals surface area contributed by atoms with E-state index in [0.29, 0.717) is 23.6 Å². The standard InChI is InChI=1S/C30H24BrF7N4O2/c31-21-4-3-17(5-8-28(44)6-1-2-7-28)40-23(21)19(11-14-9-15(32)12-16(33)10-14)24(27(39)43)42-26-22(25(41-42)30(36,37)38)18-13-20(18)29(26,34)35/h3-4,9-10,12,18-20,24,44H,1-2,6-7,11,13H2,(H2,39,43)/t18-,19+,20+,24?/m0/s1. The number of nitrogens with zero attached hydrogens (tertiary/aromatic N) is 3. The third-order valence-corrected chi connectivity index (χ3v) is 9.22. The van der Waals surface area contributed by atoms with Crippen LogP contribution in [-0.4, -0.2) is 31.4 Å². The number of hydrogen-bond acceptors (Lipinski definition) is 4. The lowest BCUT2D eigenvalue weighted by atomic mass is 9.87. The van der Waals surface area contributed by atoms with E-state index in [0.717, 1.165) is 25.0 Å².